The van der Waals surface area contributed by atoms with E-state index in [1.54, 1.807) is 11.3 Å². The van der Waals surface area contributed by atoms with Crippen molar-refractivity contribution in [2.24, 2.45) is 0 Å². The van der Waals surface area contributed by atoms with Crippen molar-refractivity contribution in [3.05, 3.63) is 35.3 Å². The molecular weight excluding hydrogens is 281 g/mol. The van der Waals surface area contributed by atoms with Gasteiger partial charge in [0.25, 0.3) is 0 Å². The van der Waals surface area contributed by atoms with E-state index in [2.05, 4.69) is 57.8 Å². The van der Waals surface area contributed by atoms with E-state index in [4.69, 9.17) is 9.31 Å². The number of nitrogens with zero attached hydrogens (tertiary/aromatic N) is 1. The van der Waals surface area contributed by atoms with Crippen LogP contribution in [0.2, 0.25) is 0 Å². The molecule has 0 saturated carbocycles. The first-order valence-corrected chi connectivity index (χ1v) is 8.05. The SMILES string of the molecule is Cc1ccccc1-c1scnc1B1OC(C)(C)C(C)(C)O1. The third-order valence-corrected chi connectivity index (χ3v) is 5.34. The van der Waals surface area contributed by atoms with Crippen molar-refractivity contribution in [1.29, 1.82) is 0 Å². The average Bonchev–Trinajstić information content (AvgIpc) is 2.93. The van der Waals surface area contributed by atoms with Crippen molar-refractivity contribution < 1.29 is 9.31 Å². The maximum absolute atomic E-state index is 6.13. The fraction of sp³-hybridized carbons (Fsp3) is 0.438. The summed E-state index contributed by atoms with van der Waals surface area (Å²) in [5.74, 6) is 0. The van der Waals surface area contributed by atoms with Crippen molar-refractivity contribution in [2.45, 2.75) is 45.8 Å². The molecule has 1 fully saturated rings. The molecule has 1 aromatic heterocycles. The van der Waals surface area contributed by atoms with Gasteiger partial charge in [-0.2, -0.15) is 0 Å². The first-order valence-electron chi connectivity index (χ1n) is 7.17. The Bertz CT molecular complexity index is 650. The van der Waals surface area contributed by atoms with Crippen LogP contribution in [0.25, 0.3) is 10.4 Å². The van der Waals surface area contributed by atoms with Crippen LogP contribution >= 0.6 is 11.3 Å². The van der Waals surface area contributed by atoms with Crippen LogP contribution in [0.15, 0.2) is 29.8 Å². The number of hydrogen-bond acceptors (Lipinski definition) is 4. The summed E-state index contributed by atoms with van der Waals surface area (Å²) < 4.78 is 12.3. The molecule has 0 amide bonds. The highest BCUT2D eigenvalue weighted by atomic mass is 32.1. The summed E-state index contributed by atoms with van der Waals surface area (Å²) in [7, 11) is -0.407. The van der Waals surface area contributed by atoms with E-state index in [1.165, 1.54) is 11.1 Å². The van der Waals surface area contributed by atoms with Crippen LogP contribution in [0.3, 0.4) is 0 Å². The zero-order chi connectivity index (χ0) is 15.3. The second kappa shape index (κ2) is 4.94. The molecule has 1 aliphatic rings. The Kier molecular flexibility index (Phi) is 3.47. The Morgan fingerprint density at radius 2 is 1.67 bits per heavy atom. The summed E-state index contributed by atoms with van der Waals surface area (Å²) in [5.41, 5.74) is 4.49. The number of rotatable bonds is 2. The lowest BCUT2D eigenvalue weighted by Crippen LogP contribution is -2.41. The molecule has 0 spiro atoms. The van der Waals surface area contributed by atoms with Crippen molar-refractivity contribution in [1.82, 2.24) is 4.98 Å². The molecule has 0 bridgehead atoms. The molecule has 0 aliphatic carbocycles. The Morgan fingerprint density at radius 3 is 2.29 bits per heavy atom. The van der Waals surface area contributed by atoms with Crippen molar-refractivity contribution in [2.75, 3.05) is 0 Å². The first-order chi connectivity index (χ1) is 9.82. The van der Waals surface area contributed by atoms with E-state index in [-0.39, 0.29) is 11.2 Å². The summed E-state index contributed by atoms with van der Waals surface area (Å²) >= 11 is 1.63. The van der Waals surface area contributed by atoms with Gasteiger partial charge in [-0.05, 0) is 45.7 Å². The maximum Gasteiger partial charge on any atom is 0.516 e. The third kappa shape index (κ3) is 2.43. The predicted molar refractivity (Wildman–Crippen MR) is 88.0 cm³/mol. The smallest absolute Gasteiger partial charge is 0.398 e. The lowest BCUT2D eigenvalue weighted by Gasteiger charge is -2.32. The molecule has 1 saturated heterocycles. The first kappa shape index (κ1) is 14.8. The molecule has 1 aromatic carbocycles. The molecule has 1 aliphatic heterocycles. The van der Waals surface area contributed by atoms with Gasteiger partial charge in [0.05, 0.1) is 27.2 Å². The average molecular weight is 301 g/mol. The number of hydrogen-bond donors (Lipinski definition) is 0. The molecule has 0 unspecified atom stereocenters. The minimum absolute atomic E-state index is 0.343. The largest absolute Gasteiger partial charge is 0.516 e. The Hall–Kier alpha value is -1.17. The second-order valence-electron chi connectivity index (χ2n) is 6.47. The molecule has 3 nitrogen and oxygen atoms in total. The van der Waals surface area contributed by atoms with Gasteiger partial charge in [-0.15, -0.1) is 11.3 Å². The quantitative estimate of drug-likeness (QED) is 0.797. The zero-order valence-electron chi connectivity index (χ0n) is 13.1. The number of benzene rings is 1. The van der Waals surface area contributed by atoms with Crippen LogP contribution < -0.4 is 5.59 Å². The highest BCUT2D eigenvalue weighted by Crippen LogP contribution is 2.37. The van der Waals surface area contributed by atoms with Crippen molar-refractivity contribution >= 4 is 24.0 Å². The molecule has 2 aromatic rings. The number of aromatic nitrogens is 1. The normalized spacial score (nSPS) is 20.0. The Morgan fingerprint density at radius 1 is 1.05 bits per heavy atom. The van der Waals surface area contributed by atoms with Crippen LogP contribution in [0, 0.1) is 6.92 Å². The highest BCUT2D eigenvalue weighted by Gasteiger charge is 2.53. The summed E-state index contributed by atoms with van der Waals surface area (Å²) in [6.45, 7) is 10.4. The van der Waals surface area contributed by atoms with E-state index >= 15 is 0 Å². The van der Waals surface area contributed by atoms with E-state index in [0.29, 0.717) is 0 Å². The molecule has 0 N–H and O–H groups in total. The molecule has 2 heterocycles. The lowest BCUT2D eigenvalue weighted by molar-refractivity contribution is 0.00578. The minimum Gasteiger partial charge on any atom is -0.398 e. The summed E-state index contributed by atoms with van der Waals surface area (Å²) in [5, 5.41) is 0. The maximum atomic E-state index is 6.13. The van der Waals surface area contributed by atoms with Crippen molar-refractivity contribution in [3.63, 3.8) is 0 Å². The standard InChI is InChI=1S/C16H20BNO2S/c1-11-8-6-7-9-12(11)13-14(18-10-21-13)17-19-15(2,3)16(4,5)20-17/h6-10H,1-5H3. The van der Waals surface area contributed by atoms with Gasteiger partial charge in [0.15, 0.2) is 0 Å². The van der Waals surface area contributed by atoms with Crippen molar-refractivity contribution in [3.8, 4) is 10.4 Å². The van der Waals surface area contributed by atoms with Gasteiger partial charge in [-0.3, -0.25) is 4.98 Å². The predicted octanol–water partition coefficient (Wildman–Crippen LogP) is 3.42. The van der Waals surface area contributed by atoms with Crippen LogP contribution in [0.4, 0.5) is 0 Å². The van der Waals surface area contributed by atoms with Gasteiger partial charge in [0.2, 0.25) is 0 Å². The van der Waals surface area contributed by atoms with E-state index < -0.39 is 7.12 Å². The van der Waals surface area contributed by atoms with Gasteiger partial charge < -0.3 is 9.31 Å². The lowest BCUT2D eigenvalue weighted by atomic mass is 9.82. The summed E-state index contributed by atoms with van der Waals surface area (Å²) in [6.07, 6.45) is 0. The van der Waals surface area contributed by atoms with Crippen LogP contribution in [0.5, 0.6) is 0 Å². The van der Waals surface area contributed by atoms with Crippen LogP contribution in [0.1, 0.15) is 33.3 Å². The van der Waals surface area contributed by atoms with E-state index in [1.807, 2.05) is 11.6 Å². The summed E-state index contributed by atoms with van der Waals surface area (Å²) in [4.78, 5) is 5.65. The Balaban J connectivity index is 2.00. The molecule has 0 atom stereocenters. The van der Waals surface area contributed by atoms with Gasteiger partial charge in [-0.1, -0.05) is 24.3 Å². The monoisotopic (exact) mass is 301 g/mol. The van der Waals surface area contributed by atoms with Gasteiger partial charge in [0.1, 0.15) is 0 Å². The van der Waals surface area contributed by atoms with E-state index in [0.717, 1.165) is 10.5 Å². The number of thiazole rings is 1. The molecular formula is C16H20BNO2S. The fourth-order valence-corrected chi connectivity index (χ4v) is 3.30. The second-order valence-corrected chi connectivity index (χ2v) is 7.32. The molecule has 21 heavy (non-hydrogen) atoms. The Labute approximate surface area is 130 Å². The minimum atomic E-state index is -0.407. The molecule has 5 heteroatoms. The third-order valence-electron chi connectivity index (χ3n) is 4.46. The van der Waals surface area contributed by atoms with Crippen LogP contribution in [-0.2, 0) is 9.31 Å². The topological polar surface area (TPSA) is 31.4 Å². The molecule has 110 valence electrons. The van der Waals surface area contributed by atoms with Crippen LogP contribution in [-0.4, -0.2) is 23.3 Å². The van der Waals surface area contributed by atoms with Gasteiger partial charge in [0, 0.05) is 0 Å². The number of aryl methyl sites for hydroxylation is 1. The fourth-order valence-electron chi connectivity index (χ4n) is 2.41. The van der Waals surface area contributed by atoms with Gasteiger partial charge in [-0.25, -0.2) is 0 Å². The summed E-state index contributed by atoms with van der Waals surface area (Å²) in [6, 6.07) is 8.34. The van der Waals surface area contributed by atoms with Gasteiger partial charge >= 0.3 is 7.12 Å². The molecule has 0 radical (unpaired) electrons. The highest BCUT2D eigenvalue weighted by molar-refractivity contribution is 7.14. The zero-order valence-corrected chi connectivity index (χ0v) is 14.0. The molecule has 3 rings (SSSR count). The van der Waals surface area contributed by atoms with E-state index in [9.17, 15) is 0 Å².